The van der Waals surface area contributed by atoms with Crippen molar-refractivity contribution in [3.05, 3.63) is 30.0 Å². The molecule has 0 spiro atoms. The average Bonchev–Trinajstić information content (AvgIpc) is 2.51. The number of primary amides is 1. The minimum absolute atomic E-state index is 0.389. The molecule has 3 nitrogen and oxygen atoms in total. The van der Waals surface area contributed by atoms with Crippen LogP contribution in [0.2, 0.25) is 0 Å². The van der Waals surface area contributed by atoms with Crippen molar-refractivity contribution < 1.29 is 4.79 Å². The second kappa shape index (κ2) is 2.66. The molecular formula is C9H9BN2O. The Morgan fingerprint density at radius 3 is 2.92 bits per heavy atom. The highest BCUT2D eigenvalue weighted by atomic mass is 16.1. The standard InChI is InChI=1S/C9H9BN2O/c10-7-3-5(9(11)13)4-8-6(7)1-2-12-8/h1-4,12H,10H2,(H2,11,13). The smallest absolute Gasteiger partial charge is 0.248 e. The summed E-state index contributed by atoms with van der Waals surface area (Å²) < 4.78 is 0. The Morgan fingerprint density at radius 2 is 2.23 bits per heavy atom. The molecule has 1 amide bonds. The zero-order valence-corrected chi connectivity index (χ0v) is 7.29. The molecule has 1 aromatic carbocycles. The first-order chi connectivity index (χ1) is 6.18. The maximum absolute atomic E-state index is 10.9. The van der Waals surface area contributed by atoms with Gasteiger partial charge >= 0.3 is 0 Å². The maximum atomic E-state index is 10.9. The summed E-state index contributed by atoms with van der Waals surface area (Å²) in [5.74, 6) is -0.389. The molecule has 2 aromatic rings. The van der Waals surface area contributed by atoms with Crippen LogP contribution in [0.15, 0.2) is 24.4 Å². The minimum Gasteiger partial charge on any atom is -0.366 e. The van der Waals surface area contributed by atoms with Crippen molar-refractivity contribution >= 4 is 30.1 Å². The Kier molecular flexibility index (Phi) is 1.62. The van der Waals surface area contributed by atoms with Crippen LogP contribution in [0.5, 0.6) is 0 Å². The van der Waals surface area contributed by atoms with Gasteiger partial charge in [-0.3, -0.25) is 4.79 Å². The van der Waals surface area contributed by atoms with Gasteiger partial charge in [0.1, 0.15) is 7.85 Å². The van der Waals surface area contributed by atoms with E-state index in [0.717, 1.165) is 16.4 Å². The Balaban J connectivity index is 2.77. The van der Waals surface area contributed by atoms with Crippen molar-refractivity contribution in [1.29, 1.82) is 0 Å². The van der Waals surface area contributed by atoms with Gasteiger partial charge in [-0.2, -0.15) is 0 Å². The first-order valence-corrected chi connectivity index (χ1v) is 4.06. The van der Waals surface area contributed by atoms with Crippen LogP contribution in [0.1, 0.15) is 10.4 Å². The number of fused-ring (bicyclic) bond motifs is 1. The fourth-order valence-electron chi connectivity index (χ4n) is 1.50. The monoisotopic (exact) mass is 172 g/mol. The molecule has 13 heavy (non-hydrogen) atoms. The number of carbonyl (C=O) groups excluding carboxylic acids is 1. The molecule has 0 aliphatic heterocycles. The molecule has 0 atom stereocenters. The molecule has 4 heteroatoms. The van der Waals surface area contributed by atoms with Gasteiger partial charge in [0.25, 0.3) is 0 Å². The summed E-state index contributed by atoms with van der Waals surface area (Å²) in [4.78, 5) is 14.0. The number of aromatic nitrogens is 1. The van der Waals surface area contributed by atoms with Gasteiger partial charge in [0, 0.05) is 17.3 Å². The van der Waals surface area contributed by atoms with E-state index in [1.807, 2.05) is 20.1 Å². The third kappa shape index (κ3) is 1.20. The molecule has 0 aliphatic carbocycles. The predicted octanol–water partition coefficient (Wildman–Crippen LogP) is -0.475. The molecule has 2 rings (SSSR count). The number of hydrogen-bond acceptors (Lipinski definition) is 1. The van der Waals surface area contributed by atoms with Crippen LogP contribution in [0.4, 0.5) is 0 Å². The molecule has 0 bridgehead atoms. The van der Waals surface area contributed by atoms with Crippen molar-refractivity contribution in [1.82, 2.24) is 4.98 Å². The van der Waals surface area contributed by atoms with E-state index in [-0.39, 0.29) is 5.91 Å². The Hall–Kier alpha value is -1.71. The van der Waals surface area contributed by atoms with E-state index in [2.05, 4.69) is 4.98 Å². The molecule has 0 unspecified atom stereocenters. The SMILES string of the molecule is Bc1cc(C(N)=O)cc2[nH]ccc12. The third-order valence-electron chi connectivity index (χ3n) is 2.16. The molecule has 1 heterocycles. The summed E-state index contributed by atoms with van der Waals surface area (Å²) in [5.41, 5.74) is 7.75. The van der Waals surface area contributed by atoms with Crippen molar-refractivity contribution in [2.45, 2.75) is 0 Å². The van der Waals surface area contributed by atoms with Crippen LogP contribution in [0.3, 0.4) is 0 Å². The quantitative estimate of drug-likeness (QED) is 0.561. The van der Waals surface area contributed by atoms with E-state index in [4.69, 9.17) is 5.73 Å². The van der Waals surface area contributed by atoms with Crippen LogP contribution < -0.4 is 11.2 Å². The minimum atomic E-state index is -0.389. The van der Waals surface area contributed by atoms with E-state index in [1.165, 1.54) is 0 Å². The highest BCUT2D eigenvalue weighted by Gasteiger charge is 2.04. The van der Waals surface area contributed by atoms with E-state index >= 15 is 0 Å². The maximum Gasteiger partial charge on any atom is 0.248 e. The largest absolute Gasteiger partial charge is 0.366 e. The zero-order valence-electron chi connectivity index (χ0n) is 7.29. The van der Waals surface area contributed by atoms with Gasteiger partial charge in [-0.25, -0.2) is 0 Å². The number of H-pyrrole nitrogens is 1. The summed E-state index contributed by atoms with van der Waals surface area (Å²) in [6.07, 6.45) is 1.85. The summed E-state index contributed by atoms with van der Waals surface area (Å²) >= 11 is 0. The number of benzene rings is 1. The molecular weight excluding hydrogens is 163 g/mol. The highest BCUT2D eigenvalue weighted by molar-refractivity contribution is 6.39. The van der Waals surface area contributed by atoms with Crippen molar-refractivity contribution in [2.24, 2.45) is 5.73 Å². The first kappa shape index (κ1) is 7.92. The van der Waals surface area contributed by atoms with Crippen LogP contribution in [0, 0.1) is 0 Å². The first-order valence-electron chi connectivity index (χ1n) is 4.06. The Bertz CT molecular complexity index is 475. The summed E-state index contributed by atoms with van der Waals surface area (Å²) in [7, 11) is 1.96. The lowest BCUT2D eigenvalue weighted by molar-refractivity contribution is 0.100. The number of rotatable bonds is 1. The lowest BCUT2D eigenvalue weighted by Crippen LogP contribution is -2.15. The number of hydrogen-bond donors (Lipinski definition) is 2. The van der Waals surface area contributed by atoms with E-state index in [0.29, 0.717) is 5.56 Å². The average molecular weight is 172 g/mol. The van der Waals surface area contributed by atoms with Crippen molar-refractivity contribution in [3.8, 4) is 0 Å². The fourth-order valence-corrected chi connectivity index (χ4v) is 1.50. The van der Waals surface area contributed by atoms with Crippen LogP contribution >= 0.6 is 0 Å². The normalized spacial score (nSPS) is 10.5. The summed E-state index contributed by atoms with van der Waals surface area (Å²) in [6, 6.07) is 5.55. The van der Waals surface area contributed by atoms with Crippen LogP contribution in [0.25, 0.3) is 10.9 Å². The number of nitrogens with one attached hydrogen (secondary N) is 1. The highest BCUT2D eigenvalue weighted by Crippen LogP contribution is 2.11. The lowest BCUT2D eigenvalue weighted by atomic mass is 9.90. The molecule has 0 fully saturated rings. The van der Waals surface area contributed by atoms with Crippen molar-refractivity contribution in [2.75, 3.05) is 0 Å². The molecule has 0 saturated carbocycles. The lowest BCUT2D eigenvalue weighted by Gasteiger charge is -1.99. The number of carbonyl (C=O) groups is 1. The number of amides is 1. The van der Waals surface area contributed by atoms with E-state index < -0.39 is 0 Å². The molecule has 3 N–H and O–H groups in total. The van der Waals surface area contributed by atoms with Gasteiger partial charge in [0.05, 0.1) is 0 Å². The predicted molar refractivity (Wildman–Crippen MR) is 55.0 cm³/mol. The second-order valence-corrected chi connectivity index (χ2v) is 3.10. The van der Waals surface area contributed by atoms with Gasteiger partial charge in [0.2, 0.25) is 5.91 Å². The molecule has 64 valence electrons. The van der Waals surface area contributed by atoms with Gasteiger partial charge < -0.3 is 10.7 Å². The molecule has 0 aliphatic rings. The van der Waals surface area contributed by atoms with Gasteiger partial charge in [-0.05, 0) is 17.5 Å². The molecule has 1 aromatic heterocycles. The third-order valence-corrected chi connectivity index (χ3v) is 2.16. The van der Waals surface area contributed by atoms with E-state index in [1.54, 1.807) is 12.1 Å². The van der Waals surface area contributed by atoms with E-state index in [9.17, 15) is 4.79 Å². The van der Waals surface area contributed by atoms with Gasteiger partial charge in [-0.15, -0.1) is 0 Å². The van der Waals surface area contributed by atoms with Crippen molar-refractivity contribution in [3.63, 3.8) is 0 Å². The van der Waals surface area contributed by atoms with Crippen LogP contribution in [-0.4, -0.2) is 18.7 Å². The summed E-state index contributed by atoms with van der Waals surface area (Å²) in [5, 5.41) is 1.13. The number of aromatic amines is 1. The molecule has 0 radical (unpaired) electrons. The van der Waals surface area contributed by atoms with Gasteiger partial charge in [-0.1, -0.05) is 11.5 Å². The Morgan fingerprint density at radius 1 is 1.46 bits per heavy atom. The summed E-state index contributed by atoms with van der Waals surface area (Å²) in [6.45, 7) is 0. The Labute approximate surface area is 76.3 Å². The molecule has 0 saturated heterocycles. The van der Waals surface area contributed by atoms with Crippen LogP contribution in [-0.2, 0) is 0 Å². The van der Waals surface area contributed by atoms with Gasteiger partial charge in [0.15, 0.2) is 0 Å². The second-order valence-electron chi connectivity index (χ2n) is 3.10. The fraction of sp³-hybridized carbons (Fsp3) is 0. The number of nitrogens with two attached hydrogens (primary N) is 1. The zero-order chi connectivity index (χ0) is 9.42. The topological polar surface area (TPSA) is 58.9 Å².